The van der Waals surface area contributed by atoms with Crippen LogP contribution in [0.1, 0.15) is 32.6 Å². The first-order valence-corrected chi connectivity index (χ1v) is 6.19. The Morgan fingerprint density at radius 2 is 1.61 bits per heavy atom. The number of hydrogen-bond donors (Lipinski definition) is 4. The van der Waals surface area contributed by atoms with Gasteiger partial charge in [-0.3, -0.25) is 0 Å². The van der Waals surface area contributed by atoms with Crippen molar-refractivity contribution in [3.63, 3.8) is 0 Å². The van der Waals surface area contributed by atoms with E-state index in [9.17, 15) is 4.79 Å². The van der Waals surface area contributed by atoms with Crippen LogP contribution in [-0.2, 0) is 4.79 Å². The van der Waals surface area contributed by atoms with Crippen LogP contribution < -0.4 is 5.73 Å². The molecule has 0 unspecified atom stereocenters. The van der Waals surface area contributed by atoms with Gasteiger partial charge in [-0.1, -0.05) is 6.92 Å². The lowest BCUT2D eigenvalue weighted by molar-refractivity contribution is 0.0698. The fourth-order valence-corrected chi connectivity index (χ4v) is 1.60. The zero-order chi connectivity index (χ0) is 14.0. The van der Waals surface area contributed by atoms with E-state index in [0.29, 0.717) is 0 Å². The number of aliphatic hydroxyl groups excluding tert-OH is 3. The predicted octanol–water partition coefficient (Wildman–Crippen LogP) is -0.438. The molecule has 1 rings (SSSR count). The van der Waals surface area contributed by atoms with Crippen molar-refractivity contribution in [3.05, 3.63) is 0 Å². The Morgan fingerprint density at radius 1 is 1.17 bits per heavy atom. The molecule has 0 heterocycles. The maximum atomic E-state index is 9.86. The first-order valence-electron chi connectivity index (χ1n) is 6.19. The summed E-state index contributed by atoms with van der Waals surface area (Å²) in [6.45, 7) is 1.04. The van der Waals surface area contributed by atoms with E-state index in [0.717, 1.165) is 18.8 Å². The Hall–Kier alpha value is -0.780. The van der Waals surface area contributed by atoms with Gasteiger partial charge in [0.15, 0.2) is 0 Å². The average Bonchev–Trinajstić information content (AvgIpc) is 2.41. The SMILES string of the molecule is CC1CCC(N=C=O)CC1.NC(CO)(CO)CO. The summed E-state index contributed by atoms with van der Waals surface area (Å²) < 4.78 is 0. The van der Waals surface area contributed by atoms with Gasteiger partial charge in [-0.15, -0.1) is 0 Å². The quantitative estimate of drug-likeness (QED) is 0.404. The van der Waals surface area contributed by atoms with Crippen molar-refractivity contribution < 1.29 is 20.1 Å². The summed E-state index contributed by atoms with van der Waals surface area (Å²) in [5.74, 6) is 0.832. The summed E-state index contributed by atoms with van der Waals surface area (Å²) in [6.07, 6.45) is 6.22. The molecule has 0 saturated heterocycles. The number of carbonyl (C=O) groups excluding carboxylic acids is 1. The van der Waals surface area contributed by atoms with Gasteiger partial charge >= 0.3 is 0 Å². The molecule has 0 aromatic carbocycles. The van der Waals surface area contributed by atoms with E-state index in [4.69, 9.17) is 21.1 Å². The minimum atomic E-state index is -1.21. The molecule has 0 amide bonds. The zero-order valence-corrected chi connectivity index (χ0v) is 10.9. The lowest BCUT2D eigenvalue weighted by Gasteiger charge is -2.21. The first-order chi connectivity index (χ1) is 8.51. The van der Waals surface area contributed by atoms with E-state index in [1.54, 1.807) is 6.08 Å². The van der Waals surface area contributed by atoms with Crippen LogP contribution in [0.25, 0.3) is 0 Å². The van der Waals surface area contributed by atoms with Crippen LogP contribution in [0, 0.1) is 5.92 Å². The summed E-state index contributed by atoms with van der Waals surface area (Å²) in [4.78, 5) is 13.6. The van der Waals surface area contributed by atoms with Crippen LogP contribution in [0.3, 0.4) is 0 Å². The Kier molecular flexibility index (Phi) is 8.79. The third kappa shape index (κ3) is 6.83. The number of nitrogens with zero attached hydrogens (tertiary/aromatic N) is 1. The molecule has 1 fully saturated rings. The van der Waals surface area contributed by atoms with Gasteiger partial charge in [-0.2, -0.15) is 0 Å². The van der Waals surface area contributed by atoms with E-state index >= 15 is 0 Å². The minimum absolute atomic E-state index is 0.286. The molecule has 6 heteroatoms. The van der Waals surface area contributed by atoms with Crippen molar-refractivity contribution in [2.45, 2.75) is 44.2 Å². The predicted molar refractivity (Wildman–Crippen MR) is 67.7 cm³/mol. The van der Waals surface area contributed by atoms with Gasteiger partial charge in [0.1, 0.15) is 0 Å². The van der Waals surface area contributed by atoms with Crippen LogP contribution in [0.5, 0.6) is 0 Å². The summed E-state index contributed by atoms with van der Waals surface area (Å²) >= 11 is 0. The van der Waals surface area contributed by atoms with E-state index in [2.05, 4.69) is 11.9 Å². The average molecular weight is 260 g/mol. The molecule has 6 nitrogen and oxygen atoms in total. The Bertz CT molecular complexity index is 247. The van der Waals surface area contributed by atoms with E-state index < -0.39 is 25.4 Å². The molecule has 0 spiro atoms. The third-order valence-corrected chi connectivity index (χ3v) is 3.17. The highest BCUT2D eigenvalue weighted by atomic mass is 16.3. The molecule has 1 aliphatic rings. The summed E-state index contributed by atoms with van der Waals surface area (Å²) in [6, 6.07) is 0.286. The molecule has 18 heavy (non-hydrogen) atoms. The fourth-order valence-electron chi connectivity index (χ4n) is 1.60. The normalized spacial score (nSPS) is 23.6. The maximum absolute atomic E-state index is 9.86. The van der Waals surface area contributed by atoms with Crippen LogP contribution in [0.4, 0.5) is 0 Å². The van der Waals surface area contributed by atoms with Crippen LogP contribution in [0.2, 0.25) is 0 Å². The number of aliphatic hydroxyl groups is 3. The van der Waals surface area contributed by atoms with Gasteiger partial charge in [0, 0.05) is 0 Å². The van der Waals surface area contributed by atoms with Gasteiger partial charge in [0.2, 0.25) is 6.08 Å². The van der Waals surface area contributed by atoms with E-state index in [1.165, 1.54) is 12.8 Å². The number of aliphatic imine (C=N–C) groups is 1. The van der Waals surface area contributed by atoms with Crippen molar-refractivity contribution in [3.8, 4) is 0 Å². The van der Waals surface area contributed by atoms with Crippen LogP contribution in [0.15, 0.2) is 4.99 Å². The molecule has 0 atom stereocenters. The maximum Gasteiger partial charge on any atom is 0.235 e. The molecular formula is C12H24N2O4. The van der Waals surface area contributed by atoms with Crippen molar-refractivity contribution in [2.24, 2.45) is 16.6 Å². The largest absolute Gasteiger partial charge is 0.394 e. The molecule has 0 aromatic heterocycles. The molecule has 1 aliphatic carbocycles. The highest BCUT2D eigenvalue weighted by molar-refractivity contribution is 5.33. The summed E-state index contributed by atoms with van der Waals surface area (Å²) in [5, 5.41) is 25.0. The van der Waals surface area contributed by atoms with Crippen molar-refractivity contribution in [1.29, 1.82) is 0 Å². The minimum Gasteiger partial charge on any atom is -0.394 e. The number of hydrogen-bond acceptors (Lipinski definition) is 6. The standard InChI is InChI=1S/C8H13NO.C4H11NO3/c1-7-2-4-8(5-3-7)9-6-10;5-4(1-6,2-7)3-8/h7-8H,2-5H2,1H3;6-8H,1-3,5H2. The third-order valence-electron chi connectivity index (χ3n) is 3.17. The molecule has 0 radical (unpaired) electrons. The second-order valence-electron chi connectivity index (χ2n) is 4.97. The monoisotopic (exact) mass is 260 g/mol. The fraction of sp³-hybridized carbons (Fsp3) is 0.917. The van der Waals surface area contributed by atoms with Gasteiger partial charge in [-0.05, 0) is 31.6 Å². The highest BCUT2D eigenvalue weighted by Gasteiger charge is 2.20. The summed E-state index contributed by atoms with van der Waals surface area (Å²) in [7, 11) is 0. The topological polar surface area (TPSA) is 116 Å². The highest BCUT2D eigenvalue weighted by Crippen LogP contribution is 2.24. The molecule has 0 bridgehead atoms. The molecular weight excluding hydrogens is 236 g/mol. The lowest BCUT2D eigenvalue weighted by Crippen LogP contribution is -2.50. The van der Waals surface area contributed by atoms with Crippen LogP contribution >= 0.6 is 0 Å². The Morgan fingerprint density at radius 3 is 1.89 bits per heavy atom. The van der Waals surface area contributed by atoms with E-state index in [-0.39, 0.29) is 6.04 Å². The van der Waals surface area contributed by atoms with Gasteiger partial charge in [-0.25, -0.2) is 9.79 Å². The Labute approximate surface area is 108 Å². The lowest BCUT2D eigenvalue weighted by atomic mass is 9.88. The van der Waals surface area contributed by atoms with E-state index in [1.807, 2.05) is 0 Å². The van der Waals surface area contributed by atoms with Crippen molar-refractivity contribution in [2.75, 3.05) is 19.8 Å². The van der Waals surface area contributed by atoms with Gasteiger partial charge < -0.3 is 21.1 Å². The smallest absolute Gasteiger partial charge is 0.235 e. The molecule has 5 N–H and O–H groups in total. The zero-order valence-electron chi connectivity index (χ0n) is 10.9. The first kappa shape index (κ1) is 17.2. The molecule has 1 saturated carbocycles. The number of rotatable bonds is 4. The Balaban J connectivity index is 0.000000331. The van der Waals surface area contributed by atoms with Gasteiger partial charge in [0.25, 0.3) is 0 Å². The molecule has 0 aliphatic heterocycles. The second kappa shape index (κ2) is 9.19. The van der Waals surface area contributed by atoms with Gasteiger partial charge in [0.05, 0.1) is 31.4 Å². The molecule has 106 valence electrons. The number of isocyanates is 1. The van der Waals surface area contributed by atoms with Crippen molar-refractivity contribution >= 4 is 6.08 Å². The molecule has 0 aromatic rings. The van der Waals surface area contributed by atoms with Crippen LogP contribution in [-0.4, -0.2) is 52.8 Å². The number of nitrogens with two attached hydrogens (primary N) is 1. The second-order valence-corrected chi connectivity index (χ2v) is 4.97. The van der Waals surface area contributed by atoms with Crippen molar-refractivity contribution in [1.82, 2.24) is 0 Å². The summed E-state index contributed by atoms with van der Waals surface area (Å²) in [5.41, 5.74) is 3.94.